The zero-order chi connectivity index (χ0) is 17.5. The molecule has 2 saturated carbocycles. The monoisotopic (exact) mass is 350 g/mol. The Balaban J connectivity index is 1.22. The summed E-state index contributed by atoms with van der Waals surface area (Å²) in [6, 6.07) is 0.260. The number of rotatable bonds is 7. The summed E-state index contributed by atoms with van der Waals surface area (Å²) in [5.74, 6) is 1.16. The van der Waals surface area contributed by atoms with E-state index in [1.807, 2.05) is 4.90 Å². The van der Waals surface area contributed by atoms with E-state index in [-0.39, 0.29) is 11.9 Å². The van der Waals surface area contributed by atoms with Crippen LogP contribution in [0.1, 0.15) is 57.8 Å². The van der Waals surface area contributed by atoms with Gasteiger partial charge in [0.2, 0.25) is 5.91 Å². The van der Waals surface area contributed by atoms with E-state index in [9.17, 15) is 9.59 Å². The lowest BCUT2D eigenvalue weighted by Crippen LogP contribution is -2.49. The molecule has 3 aliphatic rings. The van der Waals surface area contributed by atoms with Gasteiger partial charge < -0.3 is 15.5 Å². The Morgan fingerprint density at radius 3 is 2.32 bits per heavy atom. The molecular formula is C19H34N4O2. The maximum absolute atomic E-state index is 12.3. The first-order chi connectivity index (χ1) is 12.2. The molecule has 1 heterocycles. The van der Waals surface area contributed by atoms with Crippen molar-refractivity contribution < 1.29 is 9.59 Å². The molecule has 0 spiro atoms. The van der Waals surface area contributed by atoms with Crippen LogP contribution in [-0.4, -0.2) is 67.0 Å². The van der Waals surface area contributed by atoms with Gasteiger partial charge in [-0.05, 0) is 38.0 Å². The number of urea groups is 1. The third-order valence-electron chi connectivity index (χ3n) is 5.73. The molecule has 1 aliphatic heterocycles. The Bertz CT molecular complexity index is 439. The van der Waals surface area contributed by atoms with E-state index < -0.39 is 0 Å². The molecule has 0 aromatic heterocycles. The van der Waals surface area contributed by atoms with Gasteiger partial charge >= 0.3 is 6.03 Å². The van der Waals surface area contributed by atoms with Gasteiger partial charge in [0.05, 0.1) is 0 Å². The van der Waals surface area contributed by atoms with Gasteiger partial charge in [0.25, 0.3) is 0 Å². The van der Waals surface area contributed by atoms with E-state index in [1.54, 1.807) is 0 Å². The maximum Gasteiger partial charge on any atom is 0.315 e. The van der Waals surface area contributed by atoms with E-state index in [2.05, 4.69) is 15.5 Å². The van der Waals surface area contributed by atoms with Crippen LogP contribution >= 0.6 is 0 Å². The molecule has 0 aromatic carbocycles. The summed E-state index contributed by atoms with van der Waals surface area (Å²) >= 11 is 0. The normalized spacial score (nSPS) is 22.6. The third kappa shape index (κ3) is 6.49. The molecular weight excluding hydrogens is 316 g/mol. The number of piperazine rings is 1. The minimum absolute atomic E-state index is 0.0759. The fraction of sp³-hybridized carbons (Fsp3) is 0.895. The van der Waals surface area contributed by atoms with Crippen LogP contribution in [0.5, 0.6) is 0 Å². The molecule has 0 aromatic rings. The number of carbonyl (C=O) groups excluding carboxylic acids is 2. The summed E-state index contributed by atoms with van der Waals surface area (Å²) in [5, 5.41) is 5.94. The molecule has 3 rings (SSSR count). The van der Waals surface area contributed by atoms with Crippen LogP contribution in [0.15, 0.2) is 0 Å². The first kappa shape index (κ1) is 18.5. The lowest BCUT2D eigenvalue weighted by molar-refractivity contribution is -0.133. The average Bonchev–Trinajstić information content (AvgIpc) is 3.44. The van der Waals surface area contributed by atoms with Gasteiger partial charge in [0.15, 0.2) is 0 Å². The van der Waals surface area contributed by atoms with Crippen LogP contribution in [0.2, 0.25) is 0 Å². The highest BCUT2D eigenvalue weighted by Crippen LogP contribution is 2.29. The second-order valence-corrected chi connectivity index (χ2v) is 7.96. The van der Waals surface area contributed by atoms with Crippen LogP contribution in [0, 0.1) is 5.92 Å². The van der Waals surface area contributed by atoms with Crippen molar-refractivity contribution in [2.45, 2.75) is 63.8 Å². The van der Waals surface area contributed by atoms with Gasteiger partial charge in [-0.1, -0.05) is 19.3 Å². The Kier molecular flexibility index (Phi) is 6.96. The van der Waals surface area contributed by atoms with Crippen molar-refractivity contribution in [1.82, 2.24) is 20.4 Å². The van der Waals surface area contributed by atoms with E-state index in [4.69, 9.17) is 0 Å². The predicted octanol–water partition coefficient (Wildman–Crippen LogP) is 1.95. The fourth-order valence-corrected chi connectivity index (χ4v) is 3.93. The maximum atomic E-state index is 12.3. The molecule has 25 heavy (non-hydrogen) atoms. The lowest BCUT2D eigenvalue weighted by Gasteiger charge is -2.34. The summed E-state index contributed by atoms with van der Waals surface area (Å²) in [7, 11) is 0. The molecule has 1 saturated heterocycles. The van der Waals surface area contributed by atoms with Gasteiger partial charge in [0, 0.05) is 51.7 Å². The Labute approximate surface area is 151 Å². The van der Waals surface area contributed by atoms with Crippen LogP contribution in [0.4, 0.5) is 4.79 Å². The topological polar surface area (TPSA) is 64.7 Å². The highest BCUT2D eigenvalue weighted by molar-refractivity contribution is 5.76. The first-order valence-electron chi connectivity index (χ1n) is 10.3. The molecule has 0 atom stereocenters. The number of hydrogen-bond donors (Lipinski definition) is 2. The summed E-state index contributed by atoms with van der Waals surface area (Å²) in [6.07, 6.45) is 9.95. The minimum Gasteiger partial charge on any atom is -0.340 e. The molecule has 3 amide bonds. The molecule has 6 nitrogen and oxygen atoms in total. The average molecular weight is 351 g/mol. The minimum atomic E-state index is -0.0759. The van der Waals surface area contributed by atoms with E-state index >= 15 is 0 Å². The summed E-state index contributed by atoms with van der Waals surface area (Å²) in [6.45, 7) is 5.56. The second-order valence-electron chi connectivity index (χ2n) is 7.96. The van der Waals surface area contributed by atoms with Crippen molar-refractivity contribution in [3.05, 3.63) is 0 Å². The number of carbonyl (C=O) groups is 2. The zero-order valence-corrected chi connectivity index (χ0v) is 15.5. The fourth-order valence-electron chi connectivity index (χ4n) is 3.93. The van der Waals surface area contributed by atoms with Crippen LogP contribution in [0.3, 0.4) is 0 Å². The Morgan fingerprint density at radius 1 is 0.920 bits per heavy atom. The van der Waals surface area contributed by atoms with Gasteiger partial charge in [-0.15, -0.1) is 0 Å². The number of nitrogens with zero attached hydrogens (tertiary/aromatic N) is 2. The molecule has 6 heteroatoms. The molecule has 2 aliphatic carbocycles. The molecule has 142 valence electrons. The van der Waals surface area contributed by atoms with Crippen LogP contribution in [-0.2, 0) is 4.79 Å². The van der Waals surface area contributed by atoms with Crippen molar-refractivity contribution in [3.8, 4) is 0 Å². The highest BCUT2D eigenvalue weighted by Gasteiger charge is 2.27. The Hall–Kier alpha value is -1.30. The lowest BCUT2D eigenvalue weighted by atomic mass is 9.96. The van der Waals surface area contributed by atoms with Gasteiger partial charge in [0.1, 0.15) is 0 Å². The zero-order valence-electron chi connectivity index (χ0n) is 15.5. The highest BCUT2D eigenvalue weighted by atomic mass is 16.2. The van der Waals surface area contributed by atoms with Crippen molar-refractivity contribution >= 4 is 11.9 Å². The summed E-state index contributed by atoms with van der Waals surface area (Å²) in [4.78, 5) is 28.6. The number of amides is 3. The smallest absolute Gasteiger partial charge is 0.315 e. The van der Waals surface area contributed by atoms with Crippen LogP contribution in [0.25, 0.3) is 0 Å². The molecule has 2 N–H and O–H groups in total. The molecule has 0 radical (unpaired) electrons. The van der Waals surface area contributed by atoms with Gasteiger partial charge in [-0.2, -0.15) is 0 Å². The van der Waals surface area contributed by atoms with E-state index in [0.717, 1.165) is 51.4 Å². The number of nitrogens with one attached hydrogen (secondary N) is 2. The summed E-state index contributed by atoms with van der Waals surface area (Å²) < 4.78 is 0. The quantitative estimate of drug-likeness (QED) is 0.690. The standard InChI is InChI=1S/C19H34N4O2/c24-18(23-13-11-22(12-14-23)15-16-8-9-16)7-4-10-20-19(25)21-17-5-2-1-3-6-17/h16-17H,1-15H2,(H2,20,21,25). The van der Waals surface area contributed by atoms with Crippen molar-refractivity contribution in [2.24, 2.45) is 5.92 Å². The second kappa shape index (κ2) is 9.41. The number of hydrogen-bond acceptors (Lipinski definition) is 3. The van der Waals surface area contributed by atoms with Crippen LogP contribution < -0.4 is 10.6 Å². The molecule has 3 fully saturated rings. The van der Waals surface area contributed by atoms with Gasteiger partial charge in [-0.25, -0.2) is 4.79 Å². The van der Waals surface area contributed by atoms with Gasteiger partial charge in [-0.3, -0.25) is 9.69 Å². The van der Waals surface area contributed by atoms with Crippen molar-refractivity contribution in [3.63, 3.8) is 0 Å². The predicted molar refractivity (Wildman–Crippen MR) is 98.4 cm³/mol. The Morgan fingerprint density at radius 2 is 1.64 bits per heavy atom. The van der Waals surface area contributed by atoms with E-state index in [1.165, 1.54) is 38.6 Å². The van der Waals surface area contributed by atoms with Crippen molar-refractivity contribution in [2.75, 3.05) is 39.3 Å². The van der Waals surface area contributed by atoms with E-state index in [0.29, 0.717) is 19.0 Å². The third-order valence-corrected chi connectivity index (χ3v) is 5.73. The summed E-state index contributed by atoms with van der Waals surface area (Å²) in [5.41, 5.74) is 0. The largest absolute Gasteiger partial charge is 0.340 e. The molecule has 0 unspecified atom stereocenters. The molecule has 0 bridgehead atoms. The SMILES string of the molecule is O=C(NCCCC(=O)N1CCN(CC2CC2)CC1)NC1CCCCC1. The van der Waals surface area contributed by atoms with Crippen molar-refractivity contribution in [1.29, 1.82) is 0 Å². The first-order valence-corrected chi connectivity index (χ1v) is 10.3.